The lowest BCUT2D eigenvalue weighted by molar-refractivity contribution is 0.414. The number of ether oxygens (including phenoxy) is 2. The van der Waals surface area contributed by atoms with E-state index in [2.05, 4.69) is 95.6 Å². The Kier molecular flexibility index (Phi) is 6.72. The van der Waals surface area contributed by atoms with Gasteiger partial charge in [-0.25, -0.2) is 0 Å². The zero-order valence-corrected chi connectivity index (χ0v) is 22.5. The van der Waals surface area contributed by atoms with Crippen molar-refractivity contribution in [2.24, 2.45) is 0 Å². The Morgan fingerprint density at radius 3 is 1.85 bits per heavy atom. The van der Waals surface area contributed by atoms with Crippen molar-refractivity contribution in [3.05, 3.63) is 132 Å². The summed E-state index contributed by atoms with van der Waals surface area (Å²) in [6.07, 6.45) is 0. The summed E-state index contributed by atoms with van der Waals surface area (Å²) in [4.78, 5) is 4.87. The molecule has 0 fully saturated rings. The van der Waals surface area contributed by atoms with E-state index in [9.17, 15) is 0 Å². The Morgan fingerprint density at radius 2 is 1.26 bits per heavy atom. The van der Waals surface area contributed by atoms with Gasteiger partial charge in [-0.1, -0.05) is 60.7 Å². The number of nitrogens with zero attached hydrogens (tertiary/aromatic N) is 2. The topological polar surface area (TPSA) is 38.1 Å². The summed E-state index contributed by atoms with van der Waals surface area (Å²) in [5, 5.41) is 0. The fraction of sp³-hybridized carbons (Fsp3) is 0.176. The zero-order chi connectivity index (χ0) is 26.8. The Morgan fingerprint density at radius 1 is 0.692 bits per heavy atom. The lowest BCUT2D eigenvalue weighted by Crippen LogP contribution is -2.38. The Balaban J connectivity index is 1.58. The van der Waals surface area contributed by atoms with Crippen molar-refractivity contribution in [1.82, 2.24) is 0 Å². The number of anilines is 2. The highest BCUT2D eigenvalue weighted by Gasteiger charge is 2.36. The Labute approximate surface area is 229 Å². The quantitative estimate of drug-likeness (QED) is 0.230. The molecule has 196 valence electrons. The van der Waals surface area contributed by atoms with Crippen LogP contribution in [0.5, 0.6) is 11.5 Å². The number of methoxy groups -OCH3 is 2. The van der Waals surface area contributed by atoms with Crippen LogP contribution in [0.2, 0.25) is 0 Å². The third kappa shape index (κ3) is 4.72. The van der Waals surface area contributed by atoms with E-state index in [4.69, 9.17) is 13.9 Å². The smallest absolute Gasteiger partial charge is 0.139 e. The average molecular weight is 517 g/mol. The molecule has 6 rings (SSSR count). The van der Waals surface area contributed by atoms with Gasteiger partial charge in [0.05, 0.1) is 26.9 Å². The molecular weight excluding hydrogens is 484 g/mol. The Hall–Kier alpha value is -4.64. The monoisotopic (exact) mass is 516 g/mol. The predicted octanol–water partition coefficient (Wildman–Crippen LogP) is 7.85. The van der Waals surface area contributed by atoms with Crippen LogP contribution in [-0.2, 0) is 6.54 Å². The molecule has 0 saturated heterocycles. The van der Waals surface area contributed by atoms with Crippen molar-refractivity contribution in [2.75, 3.05) is 30.7 Å². The molecule has 1 aliphatic heterocycles. The number of aryl methyl sites for hydroxylation is 1. The van der Waals surface area contributed by atoms with Gasteiger partial charge in [-0.15, -0.1) is 0 Å². The number of benzene rings is 4. The summed E-state index contributed by atoms with van der Waals surface area (Å²) in [5.74, 6) is 3.54. The summed E-state index contributed by atoms with van der Waals surface area (Å²) in [6, 6.07) is 37.7. The molecular formula is C34H32N2O3. The second-order valence-corrected chi connectivity index (χ2v) is 9.76. The van der Waals surface area contributed by atoms with Crippen LogP contribution >= 0.6 is 0 Å². The van der Waals surface area contributed by atoms with E-state index in [1.807, 2.05) is 30.3 Å². The van der Waals surface area contributed by atoms with E-state index in [0.29, 0.717) is 13.2 Å². The fourth-order valence-electron chi connectivity index (χ4n) is 5.56. The standard InChI is InChI=1S/C34H32N2O3/c1-24-32-31(34(39-24)26-12-8-5-9-13-26)22-35(27-14-18-29(37-2)19-15-27)23-36(28-16-20-30(38-3)21-17-28)33(32)25-10-6-4-7-11-25/h4-21,33H,22-23H2,1-3H3. The number of hydrogen-bond donors (Lipinski definition) is 0. The maximum atomic E-state index is 6.61. The van der Waals surface area contributed by atoms with Crippen molar-refractivity contribution in [3.8, 4) is 22.8 Å². The van der Waals surface area contributed by atoms with E-state index in [0.717, 1.165) is 40.0 Å². The van der Waals surface area contributed by atoms with E-state index in [-0.39, 0.29) is 6.04 Å². The molecule has 4 aromatic carbocycles. The first-order valence-electron chi connectivity index (χ1n) is 13.2. The number of hydrogen-bond acceptors (Lipinski definition) is 5. The first-order valence-corrected chi connectivity index (χ1v) is 13.2. The zero-order valence-electron chi connectivity index (χ0n) is 22.5. The SMILES string of the molecule is COc1ccc(N2Cc3c(-c4ccccc4)oc(C)c3C(c3ccccc3)N(c3ccc(OC)cc3)C2)cc1. The molecule has 5 heteroatoms. The summed E-state index contributed by atoms with van der Waals surface area (Å²) in [6.45, 7) is 3.48. The molecule has 0 aliphatic carbocycles. The van der Waals surface area contributed by atoms with Crippen LogP contribution in [-0.4, -0.2) is 20.9 Å². The van der Waals surface area contributed by atoms with Crippen LogP contribution < -0.4 is 19.3 Å². The molecule has 1 unspecified atom stereocenters. The van der Waals surface area contributed by atoms with Gasteiger partial charge in [0.2, 0.25) is 0 Å². The van der Waals surface area contributed by atoms with Gasteiger partial charge in [0, 0.05) is 34.6 Å². The molecule has 0 spiro atoms. The van der Waals surface area contributed by atoms with Crippen LogP contribution in [0, 0.1) is 6.92 Å². The third-order valence-corrected chi connectivity index (χ3v) is 7.48. The van der Waals surface area contributed by atoms with E-state index in [1.54, 1.807) is 14.2 Å². The molecule has 0 N–H and O–H groups in total. The highest BCUT2D eigenvalue weighted by molar-refractivity contribution is 5.69. The van der Waals surface area contributed by atoms with E-state index >= 15 is 0 Å². The minimum absolute atomic E-state index is 0.0425. The molecule has 39 heavy (non-hydrogen) atoms. The summed E-state index contributed by atoms with van der Waals surface area (Å²) in [7, 11) is 3.40. The van der Waals surface area contributed by atoms with Gasteiger partial charge in [0.25, 0.3) is 0 Å². The van der Waals surface area contributed by atoms with Gasteiger partial charge < -0.3 is 23.7 Å². The normalized spacial score (nSPS) is 15.0. The minimum Gasteiger partial charge on any atom is -0.497 e. The highest BCUT2D eigenvalue weighted by Crippen LogP contribution is 2.45. The number of furan rings is 1. The van der Waals surface area contributed by atoms with Crippen molar-refractivity contribution >= 4 is 11.4 Å². The molecule has 0 amide bonds. The lowest BCUT2D eigenvalue weighted by atomic mass is 9.92. The molecule has 5 nitrogen and oxygen atoms in total. The lowest BCUT2D eigenvalue weighted by Gasteiger charge is -2.36. The number of fused-ring (bicyclic) bond motifs is 1. The predicted molar refractivity (Wildman–Crippen MR) is 157 cm³/mol. The van der Waals surface area contributed by atoms with Crippen molar-refractivity contribution < 1.29 is 13.9 Å². The molecule has 1 aromatic heterocycles. The maximum Gasteiger partial charge on any atom is 0.139 e. The minimum atomic E-state index is -0.0425. The summed E-state index contributed by atoms with van der Waals surface area (Å²) >= 11 is 0. The van der Waals surface area contributed by atoms with Gasteiger partial charge >= 0.3 is 0 Å². The Bertz CT molecular complexity index is 1530. The summed E-state index contributed by atoms with van der Waals surface area (Å²) in [5.41, 5.74) is 6.95. The maximum absolute atomic E-state index is 6.61. The molecule has 0 bridgehead atoms. The molecule has 0 saturated carbocycles. The van der Waals surface area contributed by atoms with E-state index in [1.165, 1.54) is 16.7 Å². The fourth-order valence-corrected chi connectivity index (χ4v) is 5.56. The molecule has 0 radical (unpaired) electrons. The van der Waals surface area contributed by atoms with Crippen molar-refractivity contribution in [1.29, 1.82) is 0 Å². The number of rotatable bonds is 6. The second-order valence-electron chi connectivity index (χ2n) is 9.76. The van der Waals surface area contributed by atoms with Gasteiger partial charge in [-0.05, 0) is 61.0 Å². The molecule has 1 atom stereocenters. The first-order chi connectivity index (χ1) is 19.2. The van der Waals surface area contributed by atoms with Crippen LogP contribution in [0.1, 0.15) is 28.5 Å². The average Bonchev–Trinajstić information content (AvgIpc) is 3.20. The largest absolute Gasteiger partial charge is 0.497 e. The van der Waals surface area contributed by atoms with Crippen molar-refractivity contribution in [2.45, 2.75) is 19.5 Å². The first kappa shape index (κ1) is 24.7. The van der Waals surface area contributed by atoms with Crippen LogP contribution in [0.4, 0.5) is 11.4 Å². The van der Waals surface area contributed by atoms with Gasteiger partial charge in [-0.3, -0.25) is 0 Å². The van der Waals surface area contributed by atoms with Gasteiger partial charge in [-0.2, -0.15) is 0 Å². The highest BCUT2D eigenvalue weighted by atomic mass is 16.5. The third-order valence-electron chi connectivity index (χ3n) is 7.48. The van der Waals surface area contributed by atoms with E-state index < -0.39 is 0 Å². The van der Waals surface area contributed by atoms with Crippen molar-refractivity contribution in [3.63, 3.8) is 0 Å². The molecule has 2 heterocycles. The molecule has 5 aromatic rings. The van der Waals surface area contributed by atoms with Gasteiger partial charge in [0.15, 0.2) is 0 Å². The van der Waals surface area contributed by atoms with Crippen LogP contribution in [0.25, 0.3) is 11.3 Å². The van der Waals surface area contributed by atoms with Crippen LogP contribution in [0.3, 0.4) is 0 Å². The van der Waals surface area contributed by atoms with Crippen LogP contribution in [0.15, 0.2) is 114 Å². The second kappa shape index (κ2) is 10.6. The summed E-state index contributed by atoms with van der Waals surface area (Å²) < 4.78 is 17.5. The molecule has 1 aliphatic rings. The van der Waals surface area contributed by atoms with Gasteiger partial charge in [0.1, 0.15) is 23.0 Å².